The normalized spacial score (nSPS) is 19.2. The highest BCUT2D eigenvalue weighted by Gasteiger charge is 2.56. The van der Waals surface area contributed by atoms with E-state index < -0.39 is 24.4 Å². The van der Waals surface area contributed by atoms with Gasteiger partial charge in [0.15, 0.2) is 11.5 Å². The number of ether oxygens (including phenoxy) is 3. The number of nitrogens with zero attached hydrogens (tertiary/aromatic N) is 5. The Bertz CT molecular complexity index is 1350. The third-order valence-corrected chi connectivity index (χ3v) is 6.27. The maximum Gasteiger partial charge on any atom is 0.408 e. The highest BCUT2D eigenvalue weighted by atomic mass is 19.4. The molecule has 0 N–H and O–H groups in total. The quantitative estimate of drug-likeness (QED) is 0.471. The molecular formula is C25H26F3N5O4. The van der Waals surface area contributed by atoms with E-state index in [9.17, 15) is 18.0 Å². The molecule has 2 aliphatic heterocycles. The van der Waals surface area contributed by atoms with Crippen LogP contribution >= 0.6 is 0 Å². The molecule has 196 valence electrons. The van der Waals surface area contributed by atoms with Crippen molar-refractivity contribution in [2.24, 2.45) is 0 Å². The third kappa shape index (κ3) is 4.39. The van der Waals surface area contributed by atoms with Crippen molar-refractivity contribution in [3.8, 4) is 22.9 Å². The number of hydrogen-bond acceptors (Lipinski definition) is 7. The Morgan fingerprint density at radius 3 is 2.68 bits per heavy atom. The first-order chi connectivity index (χ1) is 17.5. The summed E-state index contributed by atoms with van der Waals surface area (Å²) in [6.07, 6.45) is 0.629. The summed E-state index contributed by atoms with van der Waals surface area (Å²) in [5.74, 6) is 0.399. The van der Waals surface area contributed by atoms with Crippen LogP contribution in [0.3, 0.4) is 0 Å². The van der Waals surface area contributed by atoms with Gasteiger partial charge in [-0.2, -0.15) is 18.3 Å². The average molecular weight is 518 g/mol. The number of carbonyl (C=O) groups excluding carboxylic acids is 1. The predicted octanol–water partition coefficient (Wildman–Crippen LogP) is 4.63. The van der Waals surface area contributed by atoms with Crippen molar-refractivity contribution in [1.82, 2.24) is 19.7 Å². The van der Waals surface area contributed by atoms with Gasteiger partial charge in [0.2, 0.25) is 0 Å². The molecule has 3 aromatic rings. The molecular weight excluding hydrogens is 491 g/mol. The van der Waals surface area contributed by atoms with E-state index in [1.807, 2.05) is 13.8 Å². The highest BCUT2D eigenvalue weighted by molar-refractivity contribution is 6.12. The van der Waals surface area contributed by atoms with Gasteiger partial charge in [-0.3, -0.25) is 14.4 Å². The second-order valence-electron chi connectivity index (χ2n) is 9.33. The summed E-state index contributed by atoms with van der Waals surface area (Å²) in [7, 11) is 1.52. The molecule has 1 atom stereocenters. The van der Waals surface area contributed by atoms with Crippen molar-refractivity contribution in [3.63, 3.8) is 0 Å². The van der Waals surface area contributed by atoms with E-state index in [0.29, 0.717) is 59.2 Å². The number of halogens is 3. The number of aryl methyl sites for hydroxylation is 1. The predicted molar refractivity (Wildman–Crippen MR) is 126 cm³/mol. The second-order valence-corrected chi connectivity index (χ2v) is 9.33. The molecule has 0 saturated carbocycles. The Kier molecular flexibility index (Phi) is 6.09. The zero-order chi connectivity index (χ0) is 26.5. The fourth-order valence-corrected chi connectivity index (χ4v) is 4.84. The summed E-state index contributed by atoms with van der Waals surface area (Å²) in [6.45, 7) is 4.68. The van der Waals surface area contributed by atoms with Crippen LogP contribution in [0.5, 0.6) is 11.6 Å². The van der Waals surface area contributed by atoms with Crippen molar-refractivity contribution >= 4 is 11.6 Å². The SMILES string of the molecule is COc1cc(-c2cc(C)c3c(n2)[C@@]2(CCCO2)N(c2cnn(CC(F)(F)F)c2)C3=O)cnc1OC(C)C. The summed E-state index contributed by atoms with van der Waals surface area (Å²) in [5.41, 5.74) is 1.63. The molecule has 1 spiro atoms. The molecule has 0 aliphatic carbocycles. The number of rotatable bonds is 6. The topological polar surface area (TPSA) is 91.6 Å². The van der Waals surface area contributed by atoms with E-state index in [4.69, 9.17) is 19.2 Å². The molecule has 0 unspecified atom stereocenters. The minimum absolute atomic E-state index is 0.0931. The lowest BCUT2D eigenvalue weighted by Crippen LogP contribution is -2.43. The zero-order valence-electron chi connectivity index (χ0n) is 20.8. The van der Waals surface area contributed by atoms with Gasteiger partial charge in [-0.05, 0) is 44.9 Å². The third-order valence-electron chi connectivity index (χ3n) is 6.27. The summed E-state index contributed by atoms with van der Waals surface area (Å²) >= 11 is 0. The average Bonchev–Trinajstić information content (AvgIpc) is 3.53. The number of hydrogen-bond donors (Lipinski definition) is 0. The monoisotopic (exact) mass is 517 g/mol. The Balaban J connectivity index is 1.59. The van der Waals surface area contributed by atoms with Gasteiger partial charge in [-0.15, -0.1) is 0 Å². The first-order valence-electron chi connectivity index (χ1n) is 11.8. The molecule has 1 fully saturated rings. The molecule has 1 amide bonds. The van der Waals surface area contributed by atoms with Crippen LogP contribution in [0, 0.1) is 6.92 Å². The molecule has 0 aromatic carbocycles. The first-order valence-corrected chi connectivity index (χ1v) is 11.8. The van der Waals surface area contributed by atoms with E-state index in [-0.39, 0.29) is 11.8 Å². The van der Waals surface area contributed by atoms with Crippen LogP contribution in [0.1, 0.15) is 48.3 Å². The molecule has 12 heteroatoms. The van der Waals surface area contributed by atoms with Crippen LogP contribution in [-0.4, -0.2) is 51.7 Å². The molecule has 0 radical (unpaired) electrons. The van der Waals surface area contributed by atoms with E-state index in [1.54, 1.807) is 25.3 Å². The number of anilines is 1. The van der Waals surface area contributed by atoms with Gasteiger partial charge in [0.1, 0.15) is 12.2 Å². The van der Waals surface area contributed by atoms with Gasteiger partial charge < -0.3 is 14.2 Å². The minimum Gasteiger partial charge on any atom is -0.491 e. The van der Waals surface area contributed by atoms with Gasteiger partial charge in [0, 0.05) is 24.4 Å². The molecule has 5 heterocycles. The summed E-state index contributed by atoms with van der Waals surface area (Å²) in [4.78, 5) is 24.3. The molecule has 9 nitrogen and oxygen atoms in total. The molecule has 37 heavy (non-hydrogen) atoms. The van der Waals surface area contributed by atoms with E-state index in [0.717, 1.165) is 4.68 Å². The molecule has 0 bridgehead atoms. The van der Waals surface area contributed by atoms with Crippen molar-refractivity contribution < 1.29 is 32.2 Å². The van der Waals surface area contributed by atoms with Gasteiger partial charge in [-0.25, -0.2) is 9.97 Å². The van der Waals surface area contributed by atoms with Crippen LogP contribution in [-0.2, 0) is 17.0 Å². The molecule has 1 saturated heterocycles. The van der Waals surface area contributed by atoms with Crippen LogP contribution < -0.4 is 14.4 Å². The minimum atomic E-state index is -4.44. The van der Waals surface area contributed by atoms with Gasteiger partial charge in [0.05, 0.1) is 43.0 Å². The summed E-state index contributed by atoms with van der Waals surface area (Å²) in [6, 6.07) is 3.53. The standard InChI is InChI=1S/C25H26F3N5O4/c1-14(2)37-22-19(35-4)9-16(10-29-22)18-8-15(3)20-21(31-18)24(6-5-7-36-24)33(23(20)34)17-11-30-32(12-17)13-25(26,27)28/h8-12,14H,5-7,13H2,1-4H3/t24-/m0/s1. The first kappa shape index (κ1) is 25.0. The van der Waals surface area contributed by atoms with Gasteiger partial charge in [-0.1, -0.05) is 0 Å². The fourth-order valence-electron chi connectivity index (χ4n) is 4.84. The Morgan fingerprint density at radius 2 is 2.03 bits per heavy atom. The number of fused-ring (bicyclic) bond motifs is 2. The van der Waals surface area contributed by atoms with Crippen LogP contribution in [0.25, 0.3) is 11.3 Å². The maximum absolute atomic E-state index is 13.7. The second kappa shape index (κ2) is 9.02. The fraction of sp³-hybridized carbons (Fsp3) is 0.440. The Hall–Kier alpha value is -3.67. The van der Waals surface area contributed by atoms with E-state index in [1.165, 1.54) is 24.4 Å². The molecule has 5 rings (SSSR count). The number of amides is 1. The highest BCUT2D eigenvalue weighted by Crippen LogP contribution is 2.49. The van der Waals surface area contributed by atoms with Crippen molar-refractivity contribution in [3.05, 3.63) is 47.5 Å². The summed E-state index contributed by atoms with van der Waals surface area (Å²) < 4.78 is 56.8. The molecule has 3 aromatic heterocycles. The number of alkyl halides is 3. The van der Waals surface area contributed by atoms with Crippen LogP contribution in [0.2, 0.25) is 0 Å². The Labute approximate surface area is 211 Å². The zero-order valence-corrected chi connectivity index (χ0v) is 20.8. The smallest absolute Gasteiger partial charge is 0.408 e. The van der Waals surface area contributed by atoms with Crippen LogP contribution in [0.15, 0.2) is 30.7 Å². The number of pyridine rings is 2. The largest absolute Gasteiger partial charge is 0.491 e. The number of carbonyl (C=O) groups is 1. The lowest BCUT2D eigenvalue weighted by molar-refractivity contribution is -0.142. The van der Waals surface area contributed by atoms with Crippen molar-refractivity contribution in [2.45, 2.75) is 58.2 Å². The maximum atomic E-state index is 13.7. The lowest BCUT2D eigenvalue weighted by atomic mass is 9.99. The number of aromatic nitrogens is 4. The molecule has 2 aliphatic rings. The number of methoxy groups -OCH3 is 1. The lowest BCUT2D eigenvalue weighted by Gasteiger charge is -2.33. The summed E-state index contributed by atoms with van der Waals surface area (Å²) in [5, 5.41) is 3.83. The van der Waals surface area contributed by atoms with Gasteiger partial charge >= 0.3 is 6.18 Å². The van der Waals surface area contributed by atoms with Crippen molar-refractivity contribution in [1.29, 1.82) is 0 Å². The van der Waals surface area contributed by atoms with Crippen molar-refractivity contribution in [2.75, 3.05) is 18.6 Å². The van der Waals surface area contributed by atoms with E-state index >= 15 is 0 Å². The van der Waals surface area contributed by atoms with Crippen LogP contribution in [0.4, 0.5) is 18.9 Å². The van der Waals surface area contributed by atoms with Gasteiger partial charge in [0.25, 0.3) is 11.8 Å². The van der Waals surface area contributed by atoms with E-state index in [2.05, 4.69) is 10.1 Å². The Morgan fingerprint density at radius 1 is 1.24 bits per heavy atom.